The molecule has 1 fully saturated rings. The van der Waals surface area contributed by atoms with Crippen LogP contribution in [0, 0.1) is 16.7 Å². The Labute approximate surface area is 97.1 Å². The summed E-state index contributed by atoms with van der Waals surface area (Å²) in [4.78, 5) is 16.4. The molecule has 0 amide bonds. The highest BCUT2D eigenvalue weighted by Gasteiger charge is 2.67. The van der Waals surface area contributed by atoms with Gasteiger partial charge < -0.3 is 0 Å². The molecule has 0 spiro atoms. The maximum absolute atomic E-state index is 12.2. The Morgan fingerprint density at radius 1 is 1.25 bits per heavy atom. The SMILES string of the molecule is CC1(C)C(C(=O)Cc2ccccn2)C1(C)C. The maximum Gasteiger partial charge on any atom is 0.143 e. The van der Waals surface area contributed by atoms with Crippen molar-refractivity contribution in [3.63, 3.8) is 0 Å². The molecule has 0 atom stereocenters. The van der Waals surface area contributed by atoms with Crippen molar-refractivity contribution in [1.29, 1.82) is 0 Å². The van der Waals surface area contributed by atoms with Gasteiger partial charge >= 0.3 is 0 Å². The van der Waals surface area contributed by atoms with E-state index >= 15 is 0 Å². The van der Waals surface area contributed by atoms with Crippen LogP contribution in [0.4, 0.5) is 0 Å². The molecule has 0 N–H and O–H groups in total. The van der Waals surface area contributed by atoms with Gasteiger partial charge in [-0.15, -0.1) is 0 Å². The van der Waals surface area contributed by atoms with E-state index in [9.17, 15) is 4.79 Å². The van der Waals surface area contributed by atoms with Crippen molar-refractivity contribution in [3.8, 4) is 0 Å². The quantitative estimate of drug-likeness (QED) is 0.779. The van der Waals surface area contributed by atoms with E-state index in [1.54, 1.807) is 6.20 Å². The van der Waals surface area contributed by atoms with Crippen molar-refractivity contribution in [2.24, 2.45) is 16.7 Å². The molecule has 16 heavy (non-hydrogen) atoms. The fourth-order valence-electron chi connectivity index (χ4n) is 2.78. The number of pyridine rings is 1. The third kappa shape index (κ3) is 1.57. The zero-order chi connectivity index (χ0) is 12.0. The minimum Gasteiger partial charge on any atom is -0.299 e. The molecule has 1 aliphatic carbocycles. The zero-order valence-corrected chi connectivity index (χ0v) is 10.4. The molecule has 1 aromatic heterocycles. The van der Waals surface area contributed by atoms with Crippen LogP contribution in [0.5, 0.6) is 0 Å². The fraction of sp³-hybridized carbons (Fsp3) is 0.571. The number of hydrogen-bond acceptors (Lipinski definition) is 2. The van der Waals surface area contributed by atoms with E-state index in [1.165, 1.54) is 0 Å². The second-order valence-corrected chi connectivity index (χ2v) is 5.84. The Morgan fingerprint density at radius 2 is 1.88 bits per heavy atom. The van der Waals surface area contributed by atoms with Crippen LogP contribution in [0.15, 0.2) is 24.4 Å². The van der Waals surface area contributed by atoms with Gasteiger partial charge in [-0.2, -0.15) is 0 Å². The van der Waals surface area contributed by atoms with Crippen LogP contribution >= 0.6 is 0 Å². The summed E-state index contributed by atoms with van der Waals surface area (Å²) in [5.74, 6) is 0.510. The van der Waals surface area contributed by atoms with E-state index in [0.717, 1.165) is 5.69 Å². The summed E-state index contributed by atoms with van der Waals surface area (Å²) in [5.41, 5.74) is 1.16. The summed E-state index contributed by atoms with van der Waals surface area (Å²) in [6, 6.07) is 5.72. The second kappa shape index (κ2) is 3.41. The third-order valence-electron chi connectivity index (χ3n) is 4.42. The number of hydrogen-bond donors (Lipinski definition) is 0. The third-order valence-corrected chi connectivity index (χ3v) is 4.42. The smallest absolute Gasteiger partial charge is 0.143 e. The van der Waals surface area contributed by atoms with Crippen molar-refractivity contribution < 1.29 is 4.79 Å². The van der Waals surface area contributed by atoms with Crippen molar-refractivity contribution in [3.05, 3.63) is 30.1 Å². The standard InChI is InChI=1S/C14H19NO/c1-13(2)12(14(13,3)4)11(16)9-10-7-5-6-8-15-10/h5-8,12H,9H2,1-4H3. The normalized spacial score (nSPS) is 21.8. The van der Waals surface area contributed by atoms with Crippen LogP contribution in [0.1, 0.15) is 33.4 Å². The number of carbonyl (C=O) groups excluding carboxylic acids is 1. The summed E-state index contributed by atoms with van der Waals surface area (Å²) in [5, 5.41) is 0. The Hall–Kier alpha value is -1.18. The van der Waals surface area contributed by atoms with Gasteiger partial charge in [-0.3, -0.25) is 9.78 Å². The Kier molecular flexibility index (Phi) is 2.41. The monoisotopic (exact) mass is 217 g/mol. The minimum atomic E-state index is 0.138. The molecular formula is C14H19NO. The zero-order valence-electron chi connectivity index (χ0n) is 10.4. The van der Waals surface area contributed by atoms with Gasteiger partial charge in [0.2, 0.25) is 0 Å². The number of rotatable bonds is 3. The van der Waals surface area contributed by atoms with Crippen molar-refractivity contribution in [2.75, 3.05) is 0 Å². The highest BCUT2D eigenvalue weighted by molar-refractivity contribution is 5.87. The van der Waals surface area contributed by atoms with Gasteiger partial charge in [0.15, 0.2) is 0 Å². The molecule has 2 heteroatoms. The fourth-order valence-corrected chi connectivity index (χ4v) is 2.78. The molecule has 1 aliphatic rings. The lowest BCUT2D eigenvalue weighted by molar-refractivity contribution is -0.120. The molecule has 86 valence electrons. The van der Waals surface area contributed by atoms with Crippen molar-refractivity contribution in [1.82, 2.24) is 4.98 Å². The molecule has 1 saturated carbocycles. The number of nitrogens with zero attached hydrogens (tertiary/aromatic N) is 1. The van der Waals surface area contributed by atoms with E-state index in [-0.39, 0.29) is 16.7 Å². The highest BCUT2D eigenvalue weighted by atomic mass is 16.1. The Balaban J connectivity index is 2.07. The highest BCUT2D eigenvalue weighted by Crippen LogP contribution is 2.68. The van der Waals surface area contributed by atoms with Gasteiger partial charge in [0, 0.05) is 24.2 Å². The Bertz CT molecular complexity index is 392. The predicted octanol–water partition coefficient (Wildman–Crippen LogP) is 2.88. The summed E-state index contributed by atoms with van der Waals surface area (Å²) in [6.07, 6.45) is 2.21. The van der Waals surface area contributed by atoms with Gasteiger partial charge in [0.05, 0.1) is 0 Å². The van der Waals surface area contributed by atoms with Crippen LogP contribution in [-0.2, 0) is 11.2 Å². The molecule has 2 nitrogen and oxygen atoms in total. The van der Waals surface area contributed by atoms with Crippen LogP contribution in [0.3, 0.4) is 0 Å². The summed E-state index contributed by atoms with van der Waals surface area (Å²) in [6.45, 7) is 8.70. The van der Waals surface area contributed by atoms with Crippen LogP contribution in [-0.4, -0.2) is 10.8 Å². The first-order valence-electron chi connectivity index (χ1n) is 5.80. The average Bonchev–Trinajstić information content (AvgIpc) is 2.58. The molecular weight excluding hydrogens is 198 g/mol. The van der Waals surface area contributed by atoms with Gasteiger partial charge in [-0.05, 0) is 23.0 Å². The predicted molar refractivity (Wildman–Crippen MR) is 64.0 cm³/mol. The van der Waals surface area contributed by atoms with Gasteiger partial charge in [0.25, 0.3) is 0 Å². The van der Waals surface area contributed by atoms with Crippen molar-refractivity contribution >= 4 is 5.78 Å². The van der Waals surface area contributed by atoms with E-state index in [1.807, 2.05) is 18.2 Å². The average molecular weight is 217 g/mol. The molecule has 0 aliphatic heterocycles. The topological polar surface area (TPSA) is 30.0 Å². The van der Waals surface area contributed by atoms with E-state index < -0.39 is 0 Å². The number of ketones is 1. The van der Waals surface area contributed by atoms with Crippen molar-refractivity contribution in [2.45, 2.75) is 34.1 Å². The summed E-state index contributed by atoms with van der Waals surface area (Å²) >= 11 is 0. The first-order valence-corrected chi connectivity index (χ1v) is 5.80. The van der Waals surface area contributed by atoms with Crippen LogP contribution in [0.25, 0.3) is 0 Å². The minimum absolute atomic E-state index is 0.138. The van der Waals surface area contributed by atoms with E-state index in [4.69, 9.17) is 0 Å². The first-order chi connectivity index (χ1) is 7.37. The maximum atomic E-state index is 12.2. The molecule has 1 heterocycles. The molecule has 0 radical (unpaired) electrons. The Morgan fingerprint density at radius 3 is 2.31 bits per heavy atom. The number of Topliss-reactive ketones (excluding diaryl/α,β-unsaturated/α-hetero) is 1. The lowest BCUT2D eigenvalue weighted by Gasteiger charge is -2.03. The van der Waals surface area contributed by atoms with Gasteiger partial charge in [-0.25, -0.2) is 0 Å². The largest absolute Gasteiger partial charge is 0.299 e. The van der Waals surface area contributed by atoms with E-state index in [0.29, 0.717) is 12.2 Å². The van der Waals surface area contributed by atoms with Gasteiger partial charge in [0.1, 0.15) is 5.78 Å². The second-order valence-electron chi connectivity index (χ2n) is 5.84. The molecule has 1 aromatic rings. The molecule has 0 bridgehead atoms. The van der Waals surface area contributed by atoms with Crippen LogP contribution in [0.2, 0.25) is 0 Å². The number of aromatic nitrogens is 1. The molecule has 0 unspecified atom stereocenters. The first kappa shape index (κ1) is 11.3. The lowest BCUT2D eigenvalue weighted by Crippen LogP contribution is -2.11. The summed E-state index contributed by atoms with van der Waals surface area (Å²) in [7, 11) is 0. The lowest BCUT2D eigenvalue weighted by atomic mass is 10.0. The molecule has 0 aromatic carbocycles. The van der Waals surface area contributed by atoms with Gasteiger partial charge in [-0.1, -0.05) is 33.8 Å². The molecule has 2 rings (SSSR count). The summed E-state index contributed by atoms with van der Waals surface area (Å²) < 4.78 is 0. The number of carbonyl (C=O) groups is 1. The van der Waals surface area contributed by atoms with E-state index in [2.05, 4.69) is 32.7 Å². The molecule has 0 saturated heterocycles. The van der Waals surface area contributed by atoms with Crippen LogP contribution < -0.4 is 0 Å².